The highest BCUT2D eigenvalue weighted by Crippen LogP contribution is 2.54. The number of rotatable bonds is 9. The Hall–Kier alpha value is -0.930. The van der Waals surface area contributed by atoms with Crippen molar-refractivity contribution in [3.63, 3.8) is 0 Å². The zero-order valence-corrected chi connectivity index (χ0v) is 21.5. The van der Waals surface area contributed by atoms with Gasteiger partial charge >= 0.3 is 0 Å². The van der Waals surface area contributed by atoms with Gasteiger partial charge in [-0.1, -0.05) is 29.2 Å². The number of hydrogen-bond acceptors (Lipinski definition) is 5. The number of phenols is 1. The third-order valence-electron chi connectivity index (χ3n) is 6.33. The largest absolute Gasteiger partial charge is 0.508 e. The van der Waals surface area contributed by atoms with Gasteiger partial charge in [0, 0.05) is 35.1 Å². The molecular weight excluding hydrogens is 511 g/mol. The van der Waals surface area contributed by atoms with Gasteiger partial charge in [-0.3, -0.25) is 9.69 Å². The van der Waals surface area contributed by atoms with Crippen LogP contribution in [0.25, 0.3) is 0 Å². The molecule has 1 amide bonds. The first-order valence-corrected chi connectivity index (χ1v) is 14.2. The molecule has 0 aromatic heterocycles. The van der Waals surface area contributed by atoms with Crippen molar-refractivity contribution in [3.05, 3.63) is 34.4 Å². The summed E-state index contributed by atoms with van der Waals surface area (Å²) in [7, 11) is 3.66. The van der Waals surface area contributed by atoms with Crippen LogP contribution in [-0.4, -0.2) is 41.0 Å². The Morgan fingerprint density at radius 1 is 1.30 bits per heavy atom. The van der Waals surface area contributed by atoms with Crippen LogP contribution in [-0.2, 0) is 11.2 Å². The summed E-state index contributed by atoms with van der Waals surface area (Å²) < 4.78 is 6.68. The number of ether oxygens (including phenoxy) is 1. The molecule has 0 bridgehead atoms. The molecule has 1 aromatic rings. The highest BCUT2D eigenvalue weighted by atomic mass is 127. The van der Waals surface area contributed by atoms with E-state index in [1.807, 2.05) is 35.9 Å². The third kappa shape index (κ3) is 4.09. The van der Waals surface area contributed by atoms with E-state index in [2.05, 4.69) is 40.4 Å². The van der Waals surface area contributed by atoms with E-state index in [-0.39, 0.29) is 17.7 Å². The first kappa shape index (κ1) is 23.7. The second-order valence-electron chi connectivity index (χ2n) is 8.75. The summed E-state index contributed by atoms with van der Waals surface area (Å²) in [5.41, 5.74) is 2.69. The summed E-state index contributed by atoms with van der Waals surface area (Å²) in [6, 6.07) is 3.56. The van der Waals surface area contributed by atoms with Crippen molar-refractivity contribution in [2.75, 3.05) is 19.3 Å². The van der Waals surface area contributed by atoms with Crippen LogP contribution < -0.4 is 10.1 Å². The van der Waals surface area contributed by atoms with Gasteiger partial charge in [-0.25, -0.2) is 0 Å². The second kappa shape index (κ2) is 9.69. The average Bonchev–Trinajstić information content (AvgIpc) is 3.12. The fourth-order valence-electron chi connectivity index (χ4n) is 4.53. The summed E-state index contributed by atoms with van der Waals surface area (Å²) in [5, 5.41) is 14.3. The number of hydrogen-bond donors (Lipinski definition) is 2. The van der Waals surface area contributed by atoms with E-state index in [0.29, 0.717) is 5.92 Å². The Kier molecular flexibility index (Phi) is 7.66. The van der Waals surface area contributed by atoms with Gasteiger partial charge in [-0.2, -0.15) is 0 Å². The number of carbonyl (C=O) groups is 1. The quantitative estimate of drug-likeness (QED) is 0.323. The summed E-state index contributed by atoms with van der Waals surface area (Å²) >= 11 is 2.33. The zero-order valence-electron chi connectivity index (χ0n) is 18.5. The van der Waals surface area contributed by atoms with Crippen LogP contribution in [0.15, 0.2) is 23.3 Å². The fraction of sp³-hybridized carbons (Fsp3) is 0.609. The summed E-state index contributed by atoms with van der Waals surface area (Å²) in [6.07, 6.45) is 4.07. The molecule has 7 heteroatoms. The molecular formula is C23H33IN2O3S. The average molecular weight is 544 g/mol. The van der Waals surface area contributed by atoms with Crippen LogP contribution in [0.5, 0.6) is 11.5 Å². The molecule has 1 spiro atoms. The molecule has 0 radical (unpaired) electrons. The van der Waals surface area contributed by atoms with Gasteiger partial charge in [-0.15, -0.1) is 0 Å². The molecule has 0 saturated heterocycles. The van der Waals surface area contributed by atoms with Gasteiger partial charge in [0.15, 0.2) is 0 Å². The van der Waals surface area contributed by atoms with Crippen LogP contribution in [0.1, 0.15) is 64.1 Å². The molecule has 2 aliphatic heterocycles. The van der Waals surface area contributed by atoms with E-state index in [1.54, 1.807) is 11.0 Å². The molecule has 0 unspecified atom stereocenters. The van der Waals surface area contributed by atoms with Crippen molar-refractivity contribution in [1.82, 2.24) is 10.2 Å². The predicted molar refractivity (Wildman–Crippen MR) is 132 cm³/mol. The Bertz CT molecular complexity index is 842. The lowest BCUT2D eigenvalue weighted by molar-refractivity contribution is -0.137. The van der Waals surface area contributed by atoms with Gasteiger partial charge in [0.05, 0.1) is 0 Å². The number of halogens is 1. The normalized spacial score (nSPS) is 23.1. The van der Waals surface area contributed by atoms with Gasteiger partial charge in [0.1, 0.15) is 17.5 Å². The van der Waals surface area contributed by atoms with Crippen molar-refractivity contribution >= 4 is 36.0 Å². The van der Waals surface area contributed by atoms with Crippen LogP contribution in [0, 0.1) is 5.92 Å². The van der Waals surface area contributed by atoms with Crippen LogP contribution in [0.4, 0.5) is 0 Å². The number of aromatic hydroxyl groups is 1. The molecule has 3 rings (SSSR count). The highest BCUT2D eigenvalue weighted by molar-refractivity contribution is 14.2. The maximum absolute atomic E-state index is 12.8. The fourth-order valence-corrected chi connectivity index (χ4v) is 5.77. The SMILES string of the molecule is CC1=C(C)[C@@]2(Oc3c(ccc(O)c3CCCCCSI)[C@@H]2NCC(C)C)N(C)C1=O. The van der Waals surface area contributed by atoms with Crippen molar-refractivity contribution in [2.45, 2.75) is 65.1 Å². The van der Waals surface area contributed by atoms with E-state index >= 15 is 0 Å². The minimum absolute atomic E-state index is 0.00118. The minimum atomic E-state index is -0.876. The van der Waals surface area contributed by atoms with Crippen molar-refractivity contribution in [1.29, 1.82) is 0 Å². The van der Waals surface area contributed by atoms with E-state index in [1.165, 1.54) is 6.42 Å². The number of phenolic OH excluding ortho intramolecular Hbond substituents is 1. The summed E-state index contributed by atoms with van der Waals surface area (Å²) in [5.74, 6) is 2.64. The van der Waals surface area contributed by atoms with E-state index in [0.717, 1.165) is 59.6 Å². The number of unbranched alkanes of at least 4 members (excludes halogenated alkanes) is 2. The Morgan fingerprint density at radius 3 is 2.63 bits per heavy atom. The number of nitrogens with one attached hydrogen (secondary N) is 1. The minimum Gasteiger partial charge on any atom is -0.508 e. The molecule has 0 aliphatic carbocycles. The van der Waals surface area contributed by atoms with Crippen LogP contribution >= 0.6 is 30.1 Å². The number of likely N-dealkylation sites (N-methyl/N-ethyl adjacent to an activating group) is 1. The number of amides is 1. The number of fused-ring (bicyclic) bond motifs is 1. The topological polar surface area (TPSA) is 61.8 Å². The molecule has 2 heterocycles. The lowest BCUT2D eigenvalue weighted by Gasteiger charge is -2.39. The first-order chi connectivity index (χ1) is 14.3. The van der Waals surface area contributed by atoms with Crippen LogP contribution in [0.3, 0.4) is 0 Å². The standard InChI is InChI=1S/C23H33IN2O3S/c1-14(2)13-25-21-18-10-11-19(27)17(9-7-6-8-12-30-24)20(18)29-23(21)16(4)15(3)22(28)26(23)5/h10-11,14,21,25,27H,6-9,12-13H2,1-5H3/t21-,23-/m0/s1. The number of benzene rings is 1. The van der Waals surface area contributed by atoms with Gasteiger partial charge in [0.2, 0.25) is 5.72 Å². The van der Waals surface area contributed by atoms with Gasteiger partial charge in [-0.05, 0) is 78.9 Å². The van der Waals surface area contributed by atoms with E-state index in [4.69, 9.17) is 4.74 Å². The maximum atomic E-state index is 12.8. The Labute approximate surface area is 196 Å². The third-order valence-corrected chi connectivity index (χ3v) is 8.09. The van der Waals surface area contributed by atoms with Crippen molar-refractivity contribution in [3.8, 4) is 11.5 Å². The van der Waals surface area contributed by atoms with E-state index < -0.39 is 5.72 Å². The number of nitrogens with zero attached hydrogens (tertiary/aromatic N) is 1. The lowest BCUT2D eigenvalue weighted by atomic mass is 9.90. The van der Waals surface area contributed by atoms with Crippen molar-refractivity contribution in [2.24, 2.45) is 5.92 Å². The maximum Gasteiger partial charge on any atom is 0.252 e. The molecule has 2 atom stereocenters. The van der Waals surface area contributed by atoms with Crippen LogP contribution in [0.2, 0.25) is 0 Å². The Morgan fingerprint density at radius 2 is 2.03 bits per heavy atom. The second-order valence-corrected chi connectivity index (χ2v) is 11.2. The van der Waals surface area contributed by atoms with Gasteiger partial charge < -0.3 is 15.2 Å². The molecule has 2 aliphatic rings. The number of carbonyl (C=O) groups excluding carboxylic acids is 1. The first-order valence-electron chi connectivity index (χ1n) is 10.7. The highest BCUT2D eigenvalue weighted by Gasteiger charge is 2.59. The smallest absolute Gasteiger partial charge is 0.252 e. The molecule has 2 N–H and O–H groups in total. The Balaban J connectivity index is 1.99. The molecule has 0 saturated carbocycles. The summed E-state index contributed by atoms with van der Waals surface area (Å²) in [6.45, 7) is 9.02. The molecule has 30 heavy (non-hydrogen) atoms. The lowest BCUT2D eigenvalue weighted by Crippen LogP contribution is -2.55. The molecule has 0 fully saturated rings. The zero-order chi connectivity index (χ0) is 22.1. The molecule has 1 aromatic carbocycles. The molecule has 166 valence electrons. The van der Waals surface area contributed by atoms with Crippen molar-refractivity contribution < 1.29 is 14.6 Å². The van der Waals surface area contributed by atoms with Gasteiger partial charge in [0.25, 0.3) is 5.91 Å². The van der Waals surface area contributed by atoms with E-state index in [9.17, 15) is 9.90 Å². The molecule has 5 nitrogen and oxygen atoms in total. The summed E-state index contributed by atoms with van der Waals surface area (Å²) in [4.78, 5) is 14.6. The predicted octanol–water partition coefficient (Wildman–Crippen LogP) is 5.37. The monoisotopic (exact) mass is 544 g/mol.